The lowest BCUT2D eigenvalue weighted by atomic mass is 9.78. The van der Waals surface area contributed by atoms with Crippen molar-refractivity contribution in [2.24, 2.45) is 11.8 Å². The molecular formula is C13H22O3. The quantitative estimate of drug-likeness (QED) is 0.534. The van der Waals surface area contributed by atoms with Gasteiger partial charge in [0.15, 0.2) is 0 Å². The van der Waals surface area contributed by atoms with Crippen molar-refractivity contribution in [3.8, 4) is 0 Å². The topological polar surface area (TPSA) is 43.4 Å². The molecule has 0 amide bonds. The Bertz CT molecular complexity index is 240. The smallest absolute Gasteiger partial charge is 0.313 e. The molecule has 3 heteroatoms. The molecule has 0 heterocycles. The minimum Gasteiger partial charge on any atom is -0.466 e. The number of esters is 1. The molecule has 1 saturated carbocycles. The van der Waals surface area contributed by atoms with E-state index in [-0.39, 0.29) is 24.1 Å². The van der Waals surface area contributed by atoms with Gasteiger partial charge in [-0.15, -0.1) is 0 Å². The summed E-state index contributed by atoms with van der Waals surface area (Å²) < 4.78 is 4.79. The van der Waals surface area contributed by atoms with E-state index >= 15 is 0 Å². The van der Waals surface area contributed by atoms with E-state index < -0.39 is 0 Å². The van der Waals surface area contributed by atoms with E-state index in [4.69, 9.17) is 4.74 Å². The highest BCUT2D eigenvalue weighted by Gasteiger charge is 2.26. The van der Waals surface area contributed by atoms with E-state index in [1.54, 1.807) is 6.92 Å². The Kier molecular flexibility index (Phi) is 5.50. The van der Waals surface area contributed by atoms with E-state index in [0.29, 0.717) is 6.61 Å². The molecule has 0 atom stereocenters. The van der Waals surface area contributed by atoms with E-state index in [1.807, 2.05) is 0 Å². The van der Waals surface area contributed by atoms with Gasteiger partial charge >= 0.3 is 5.97 Å². The van der Waals surface area contributed by atoms with Crippen LogP contribution in [0.2, 0.25) is 0 Å². The Morgan fingerprint density at radius 3 is 2.25 bits per heavy atom. The first-order valence-corrected chi connectivity index (χ1v) is 6.35. The highest BCUT2D eigenvalue weighted by Crippen LogP contribution is 2.31. The molecule has 0 N–H and O–H groups in total. The van der Waals surface area contributed by atoms with Gasteiger partial charge in [-0.05, 0) is 38.5 Å². The van der Waals surface area contributed by atoms with Gasteiger partial charge in [-0.1, -0.05) is 13.3 Å². The molecule has 0 aromatic heterocycles. The van der Waals surface area contributed by atoms with Gasteiger partial charge in [0.05, 0.1) is 6.61 Å². The van der Waals surface area contributed by atoms with Gasteiger partial charge in [0.25, 0.3) is 0 Å². The molecule has 0 spiro atoms. The third kappa shape index (κ3) is 3.95. The molecule has 1 rings (SSSR count). The minimum absolute atomic E-state index is 0.0324. The normalized spacial score (nSPS) is 25.1. The SMILES string of the molecule is CCOC(=O)CC(=O)C1CCC(CC)CC1. The zero-order chi connectivity index (χ0) is 12.0. The van der Waals surface area contributed by atoms with Crippen molar-refractivity contribution in [1.29, 1.82) is 0 Å². The first-order valence-electron chi connectivity index (χ1n) is 6.35. The zero-order valence-corrected chi connectivity index (χ0v) is 10.3. The number of Topliss-reactive ketones (excluding diaryl/α,β-unsaturated/α-hetero) is 1. The van der Waals surface area contributed by atoms with Gasteiger partial charge in [0.2, 0.25) is 0 Å². The third-order valence-corrected chi connectivity index (χ3v) is 3.50. The summed E-state index contributed by atoms with van der Waals surface area (Å²) in [5.41, 5.74) is 0. The van der Waals surface area contributed by atoms with Crippen molar-refractivity contribution in [2.45, 2.75) is 52.4 Å². The van der Waals surface area contributed by atoms with Gasteiger partial charge in [0.1, 0.15) is 12.2 Å². The number of ketones is 1. The van der Waals surface area contributed by atoms with Crippen LogP contribution in [0.1, 0.15) is 52.4 Å². The van der Waals surface area contributed by atoms with Crippen LogP contribution in [0.4, 0.5) is 0 Å². The van der Waals surface area contributed by atoms with E-state index in [9.17, 15) is 9.59 Å². The highest BCUT2D eigenvalue weighted by atomic mass is 16.5. The predicted molar refractivity (Wildman–Crippen MR) is 62.0 cm³/mol. The Morgan fingerprint density at radius 1 is 1.12 bits per heavy atom. The molecule has 0 aliphatic heterocycles. The van der Waals surface area contributed by atoms with Crippen LogP contribution in [0.5, 0.6) is 0 Å². The molecule has 0 aromatic rings. The van der Waals surface area contributed by atoms with Gasteiger partial charge in [-0.25, -0.2) is 0 Å². The summed E-state index contributed by atoms with van der Waals surface area (Å²) in [4.78, 5) is 23.0. The average molecular weight is 226 g/mol. The second kappa shape index (κ2) is 6.66. The van der Waals surface area contributed by atoms with E-state index in [2.05, 4.69) is 6.92 Å². The molecule has 1 fully saturated rings. The number of hydrogen-bond acceptors (Lipinski definition) is 3. The lowest BCUT2D eigenvalue weighted by Gasteiger charge is -2.26. The molecule has 3 nitrogen and oxygen atoms in total. The van der Waals surface area contributed by atoms with Crippen molar-refractivity contribution in [3.05, 3.63) is 0 Å². The van der Waals surface area contributed by atoms with Crippen LogP contribution in [-0.4, -0.2) is 18.4 Å². The minimum atomic E-state index is -0.370. The summed E-state index contributed by atoms with van der Waals surface area (Å²) in [5, 5.41) is 0. The van der Waals surface area contributed by atoms with Crippen LogP contribution < -0.4 is 0 Å². The standard InChI is InChI=1S/C13H22O3/c1-3-10-5-7-11(8-6-10)12(14)9-13(15)16-4-2/h10-11H,3-9H2,1-2H3. The Labute approximate surface area is 97.5 Å². The molecule has 16 heavy (non-hydrogen) atoms. The van der Waals surface area contributed by atoms with Crippen molar-refractivity contribution < 1.29 is 14.3 Å². The largest absolute Gasteiger partial charge is 0.466 e. The summed E-state index contributed by atoms with van der Waals surface area (Å²) in [6.07, 6.45) is 5.35. The number of carbonyl (C=O) groups is 2. The maximum atomic E-state index is 11.8. The first kappa shape index (κ1) is 13.2. The summed E-state index contributed by atoms with van der Waals surface area (Å²) >= 11 is 0. The third-order valence-electron chi connectivity index (χ3n) is 3.50. The lowest BCUT2D eigenvalue weighted by molar-refractivity contribution is -0.146. The molecule has 0 aromatic carbocycles. The summed E-state index contributed by atoms with van der Waals surface area (Å²) in [6.45, 7) is 4.31. The maximum Gasteiger partial charge on any atom is 0.313 e. The molecule has 0 radical (unpaired) electrons. The first-order chi connectivity index (χ1) is 7.67. The number of hydrogen-bond donors (Lipinski definition) is 0. The van der Waals surface area contributed by atoms with E-state index in [1.165, 1.54) is 6.42 Å². The lowest BCUT2D eigenvalue weighted by Crippen LogP contribution is -2.24. The fourth-order valence-electron chi connectivity index (χ4n) is 2.39. The van der Waals surface area contributed by atoms with Crippen LogP contribution in [0.25, 0.3) is 0 Å². The van der Waals surface area contributed by atoms with Crippen molar-refractivity contribution >= 4 is 11.8 Å². The van der Waals surface area contributed by atoms with Crippen molar-refractivity contribution in [1.82, 2.24) is 0 Å². The van der Waals surface area contributed by atoms with Gasteiger partial charge in [-0.2, -0.15) is 0 Å². The van der Waals surface area contributed by atoms with Crippen LogP contribution in [0, 0.1) is 11.8 Å². The van der Waals surface area contributed by atoms with Gasteiger partial charge in [-0.3, -0.25) is 9.59 Å². The van der Waals surface area contributed by atoms with Gasteiger partial charge in [0, 0.05) is 5.92 Å². The Balaban J connectivity index is 2.30. The second-order valence-electron chi connectivity index (χ2n) is 4.57. The molecule has 1 aliphatic carbocycles. The number of ether oxygens (including phenoxy) is 1. The Morgan fingerprint density at radius 2 is 1.75 bits per heavy atom. The van der Waals surface area contributed by atoms with Crippen LogP contribution in [0.15, 0.2) is 0 Å². The van der Waals surface area contributed by atoms with Crippen LogP contribution >= 0.6 is 0 Å². The van der Waals surface area contributed by atoms with Crippen molar-refractivity contribution in [3.63, 3.8) is 0 Å². The molecule has 0 saturated heterocycles. The second-order valence-corrected chi connectivity index (χ2v) is 4.57. The predicted octanol–water partition coefficient (Wildman–Crippen LogP) is 2.73. The fourth-order valence-corrected chi connectivity index (χ4v) is 2.39. The van der Waals surface area contributed by atoms with Crippen LogP contribution in [-0.2, 0) is 14.3 Å². The molecule has 1 aliphatic rings. The monoisotopic (exact) mass is 226 g/mol. The fraction of sp³-hybridized carbons (Fsp3) is 0.846. The molecule has 0 bridgehead atoms. The number of carbonyl (C=O) groups excluding carboxylic acids is 2. The summed E-state index contributed by atoms with van der Waals surface area (Å²) in [7, 11) is 0. The molecule has 0 unspecified atom stereocenters. The molecular weight excluding hydrogens is 204 g/mol. The van der Waals surface area contributed by atoms with Crippen LogP contribution in [0.3, 0.4) is 0 Å². The average Bonchev–Trinajstić information content (AvgIpc) is 2.29. The van der Waals surface area contributed by atoms with Crippen molar-refractivity contribution in [2.75, 3.05) is 6.61 Å². The summed E-state index contributed by atoms with van der Waals surface area (Å²) in [6, 6.07) is 0. The summed E-state index contributed by atoms with van der Waals surface area (Å²) in [5.74, 6) is 0.594. The van der Waals surface area contributed by atoms with Gasteiger partial charge < -0.3 is 4.74 Å². The molecule has 92 valence electrons. The Hall–Kier alpha value is -0.860. The van der Waals surface area contributed by atoms with E-state index in [0.717, 1.165) is 31.6 Å². The maximum absolute atomic E-state index is 11.8. The highest BCUT2D eigenvalue weighted by molar-refractivity contribution is 5.96. The number of rotatable bonds is 5. The zero-order valence-electron chi connectivity index (χ0n) is 10.3.